The number of rotatable bonds is 7. The van der Waals surface area contributed by atoms with Crippen molar-refractivity contribution in [1.82, 2.24) is 5.43 Å². The van der Waals surface area contributed by atoms with Gasteiger partial charge in [0.15, 0.2) is 0 Å². The summed E-state index contributed by atoms with van der Waals surface area (Å²) in [5.41, 5.74) is 5.22. The van der Waals surface area contributed by atoms with Gasteiger partial charge < -0.3 is 10.1 Å². The maximum Gasteiger partial charge on any atom is 0.271 e. The number of ether oxygens (including phenoxy) is 1. The molecule has 158 valence electrons. The van der Waals surface area contributed by atoms with E-state index in [1.165, 1.54) is 13.1 Å². The quantitative estimate of drug-likeness (QED) is 0.374. The van der Waals surface area contributed by atoms with Crippen LogP contribution in [0.3, 0.4) is 0 Å². The molecule has 3 aromatic rings. The van der Waals surface area contributed by atoms with Crippen LogP contribution in [0.15, 0.2) is 71.8 Å². The number of carbonyl (C=O) groups is 2. The van der Waals surface area contributed by atoms with Gasteiger partial charge in [0.2, 0.25) is 5.91 Å². The van der Waals surface area contributed by atoms with Crippen LogP contribution in [0.1, 0.15) is 28.4 Å². The minimum absolute atomic E-state index is 0.174. The van der Waals surface area contributed by atoms with Gasteiger partial charge in [0, 0.05) is 18.2 Å². The van der Waals surface area contributed by atoms with Gasteiger partial charge in [-0.1, -0.05) is 29.3 Å². The van der Waals surface area contributed by atoms with Crippen molar-refractivity contribution in [2.24, 2.45) is 5.10 Å². The molecule has 3 aromatic carbocycles. The molecular weight excluding hydrogens is 437 g/mol. The maximum absolute atomic E-state index is 12.1. The number of hydrogen-bond donors (Lipinski definition) is 2. The van der Waals surface area contributed by atoms with Crippen molar-refractivity contribution in [3.05, 3.63) is 93.5 Å². The molecule has 0 heterocycles. The Kier molecular flexibility index (Phi) is 7.65. The number of anilines is 1. The SMILES string of the molecule is CC(=O)Nc1ccc(C(=O)N/N=C\c2ccc(OCc3ccc(Cl)c(Cl)c3)cc2)cc1. The van der Waals surface area contributed by atoms with Crippen LogP contribution in [0, 0.1) is 0 Å². The first kappa shape index (κ1) is 22.3. The number of carbonyl (C=O) groups excluding carboxylic acids is 2. The molecule has 2 amide bonds. The van der Waals surface area contributed by atoms with Gasteiger partial charge in [-0.05, 0) is 71.8 Å². The predicted octanol–water partition coefficient (Wildman–Crippen LogP) is 5.29. The molecule has 0 unspecified atom stereocenters. The molecule has 0 radical (unpaired) electrons. The highest BCUT2D eigenvalue weighted by Gasteiger charge is 2.05. The third-order valence-corrected chi connectivity index (χ3v) is 4.86. The van der Waals surface area contributed by atoms with E-state index in [1.54, 1.807) is 48.5 Å². The molecule has 0 saturated carbocycles. The minimum atomic E-state index is -0.354. The van der Waals surface area contributed by atoms with Crippen LogP contribution < -0.4 is 15.5 Å². The Morgan fingerprint density at radius 3 is 2.32 bits per heavy atom. The van der Waals surface area contributed by atoms with Gasteiger partial charge in [-0.2, -0.15) is 5.10 Å². The molecule has 0 aliphatic rings. The monoisotopic (exact) mass is 455 g/mol. The summed E-state index contributed by atoms with van der Waals surface area (Å²) in [4.78, 5) is 23.2. The van der Waals surface area contributed by atoms with E-state index in [-0.39, 0.29) is 11.8 Å². The van der Waals surface area contributed by atoms with Gasteiger partial charge in [-0.3, -0.25) is 9.59 Å². The summed E-state index contributed by atoms with van der Waals surface area (Å²) in [6.07, 6.45) is 1.53. The number of hydrogen-bond acceptors (Lipinski definition) is 4. The first-order valence-electron chi connectivity index (χ1n) is 9.28. The molecule has 0 bridgehead atoms. The Labute approximate surface area is 189 Å². The van der Waals surface area contributed by atoms with Gasteiger partial charge in [0.25, 0.3) is 5.91 Å². The molecule has 0 aromatic heterocycles. The molecule has 0 aliphatic heterocycles. The summed E-state index contributed by atoms with van der Waals surface area (Å²) in [7, 11) is 0. The first-order chi connectivity index (χ1) is 14.9. The average molecular weight is 456 g/mol. The smallest absolute Gasteiger partial charge is 0.271 e. The van der Waals surface area contributed by atoms with Crippen molar-refractivity contribution >= 4 is 46.9 Å². The molecular formula is C23H19Cl2N3O3. The minimum Gasteiger partial charge on any atom is -0.489 e. The number of hydrazone groups is 1. The Morgan fingerprint density at radius 1 is 0.968 bits per heavy atom. The second-order valence-electron chi connectivity index (χ2n) is 6.56. The molecule has 0 fully saturated rings. The van der Waals surface area contributed by atoms with E-state index in [0.717, 1.165) is 11.1 Å². The van der Waals surface area contributed by atoms with Crippen LogP contribution in [0.2, 0.25) is 10.0 Å². The highest BCUT2D eigenvalue weighted by atomic mass is 35.5. The average Bonchev–Trinajstić information content (AvgIpc) is 2.75. The summed E-state index contributed by atoms with van der Waals surface area (Å²) < 4.78 is 5.73. The van der Waals surface area contributed by atoms with Crippen molar-refractivity contribution < 1.29 is 14.3 Å². The second kappa shape index (κ2) is 10.6. The van der Waals surface area contributed by atoms with Gasteiger partial charge in [-0.15, -0.1) is 0 Å². The summed E-state index contributed by atoms with van der Waals surface area (Å²) >= 11 is 11.9. The Bertz CT molecular complexity index is 1100. The Balaban J connectivity index is 1.50. The van der Waals surface area contributed by atoms with Crippen LogP contribution in [-0.2, 0) is 11.4 Å². The van der Waals surface area contributed by atoms with Crippen molar-refractivity contribution in [3.63, 3.8) is 0 Å². The van der Waals surface area contributed by atoms with Gasteiger partial charge in [0.05, 0.1) is 16.3 Å². The lowest BCUT2D eigenvalue weighted by Gasteiger charge is -2.07. The summed E-state index contributed by atoms with van der Waals surface area (Å²) in [6.45, 7) is 1.78. The molecule has 0 aliphatic carbocycles. The lowest BCUT2D eigenvalue weighted by molar-refractivity contribution is -0.114. The van der Waals surface area contributed by atoms with Crippen molar-refractivity contribution in [2.75, 3.05) is 5.32 Å². The topological polar surface area (TPSA) is 79.8 Å². The van der Waals surface area contributed by atoms with E-state index in [0.29, 0.717) is 33.7 Å². The van der Waals surface area contributed by atoms with Crippen molar-refractivity contribution in [2.45, 2.75) is 13.5 Å². The summed E-state index contributed by atoms with van der Waals surface area (Å²) in [6, 6.07) is 19.1. The lowest BCUT2D eigenvalue weighted by atomic mass is 10.2. The fraction of sp³-hybridized carbons (Fsp3) is 0.0870. The fourth-order valence-corrected chi connectivity index (χ4v) is 2.91. The zero-order chi connectivity index (χ0) is 22.2. The maximum atomic E-state index is 12.1. The molecule has 2 N–H and O–H groups in total. The van der Waals surface area contributed by atoms with Crippen LogP contribution in [0.25, 0.3) is 0 Å². The van der Waals surface area contributed by atoms with Crippen molar-refractivity contribution in [3.8, 4) is 5.75 Å². The highest BCUT2D eigenvalue weighted by Crippen LogP contribution is 2.23. The van der Waals surface area contributed by atoms with Gasteiger partial charge in [-0.25, -0.2) is 5.43 Å². The largest absolute Gasteiger partial charge is 0.489 e. The molecule has 3 rings (SSSR count). The van der Waals surface area contributed by atoms with Gasteiger partial charge >= 0.3 is 0 Å². The second-order valence-corrected chi connectivity index (χ2v) is 7.38. The number of benzene rings is 3. The summed E-state index contributed by atoms with van der Waals surface area (Å²) in [5, 5.41) is 7.60. The van der Waals surface area contributed by atoms with Crippen molar-refractivity contribution in [1.29, 1.82) is 0 Å². The fourth-order valence-electron chi connectivity index (χ4n) is 2.58. The van der Waals surface area contributed by atoms with E-state index in [1.807, 2.05) is 18.2 Å². The summed E-state index contributed by atoms with van der Waals surface area (Å²) in [5.74, 6) is 0.159. The molecule has 31 heavy (non-hydrogen) atoms. The first-order valence-corrected chi connectivity index (χ1v) is 10.0. The van der Waals surface area contributed by atoms with E-state index >= 15 is 0 Å². The molecule has 0 spiro atoms. The zero-order valence-electron chi connectivity index (χ0n) is 16.6. The molecule has 8 heteroatoms. The number of nitrogens with zero attached hydrogens (tertiary/aromatic N) is 1. The number of halogens is 2. The molecule has 6 nitrogen and oxygen atoms in total. The Morgan fingerprint density at radius 2 is 1.68 bits per heavy atom. The van der Waals surface area contributed by atoms with E-state index in [9.17, 15) is 9.59 Å². The third-order valence-electron chi connectivity index (χ3n) is 4.12. The lowest BCUT2D eigenvalue weighted by Crippen LogP contribution is -2.17. The highest BCUT2D eigenvalue weighted by molar-refractivity contribution is 6.42. The molecule has 0 atom stereocenters. The molecule has 0 saturated heterocycles. The van der Waals surface area contributed by atoms with E-state index in [2.05, 4.69) is 15.8 Å². The predicted molar refractivity (Wildman–Crippen MR) is 123 cm³/mol. The van der Waals surface area contributed by atoms with Crippen LogP contribution in [0.4, 0.5) is 5.69 Å². The van der Waals surface area contributed by atoms with Gasteiger partial charge in [0.1, 0.15) is 12.4 Å². The Hall–Kier alpha value is -3.35. The number of amides is 2. The van der Waals surface area contributed by atoms with E-state index in [4.69, 9.17) is 27.9 Å². The van der Waals surface area contributed by atoms with E-state index < -0.39 is 0 Å². The van der Waals surface area contributed by atoms with Crippen LogP contribution in [-0.4, -0.2) is 18.0 Å². The third kappa shape index (κ3) is 6.84. The number of nitrogens with one attached hydrogen (secondary N) is 2. The van der Waals surface area contributed by atoms with Crippen LogP contribution >= 0.6 is 23.2 Å². The normalized spacial score (nSPS) is 10.7. The van der Waals surface area contributed by atoms with Crippen LogP contribution in [0.5, 0.6) is 5.75 Å². The standard InChI is InChI=1S/C23H19Cl2N3O3/c1-15(29)27-19-7-5-18(6-8-19)23(30)28-26-13-16-2-9-20(10-3-16)31-14-17-4-11-21(24)22(25)12-17/h2-13H,14H2,1H3,(H,27,29)(H,28,30)/b26-13-. The zero-order valence-corrected chi connectivity index (χ0v) is 18.1.